The molecule has 9 heteroatoms. The number of methoxy groups -OCH3 is 2. The lowest BCUT2D eigenvalue weighted by Gasteiger charge is -2.14. The number of thioether (sulfide) groups is 1. The van der Waals surface area contributed by atoms with Gasteiger partial charge in [0, 0.05) is 6.54 Å². The average Bonchev–Trinajstić information content (AvgIpc) is 2.93. The lowest BCUT2D eigenvalue weighted by molar-refractivity contribution is -0.140. The van der Waals surface area contributed by atoms with E-state index in [1.54, 1.807) is 13.2 Å². The van der Waals surface area contributed by atoms with Crippen molar-refractivity contribution in [1.82, 2.24) is 4.90 Å². The Morgan fingerprint density at radius 2 is 2.07 bits per heavy atom. The number of amides is 1. The van der Waals surface area contributed by atoms with Gasteiger partial charge in [0.15, 0.2) is 11.5 Å². The topological polar surface area (TPSA) is 65.1 Å². The van der Waals surface area contributed by atoms with E-state index in [1.807, 2.05) is 12.1 Å². The van der Waals surface area contributed by atoms with E-state index >= 15 is 0 Å². The Balaban J connectivity index is 2.19. The molecule has 6 nitrogen and oxygen atoms in total. The molecular weight excluding hydrogens is 478 g/mol. The number of hydrogen-bond donors (Lipinski definition) is 0. The van der Waals surface area contributed by atoms with Gasteiger partial charge in [0.2, 0.25) is 0 Å². The first kappa shape index (κ1) is 23.7. The summed E-state index contributed by atoms with van der Waals surface area (Å²) in [4.78, 5) is 25.9. The van der Waals surface area contributed by atoms with Crippen LogP contribution in [0, 0.1) is 5.92 Å². The minimum Gasteiger partial charge on any atom is -0.493 e. The molecule has 0 unspecified atom stereocenters. The van der Waals surface area contributed by atoms with Crippen LogP contribution in [0.5, 0.6) is 11.5 Å². The molecule has 158 valence electrons. The molecule has 1 aromatic carbocycles. The number of ether oxygens (including phenoxy) is 3. The first-order chi connectivity index (χ1) is 13.8. The van der Waals surface area contributed by atoms with Crippen LogP contribution in [0.2, 0.25) is 0 Å². The Bertz CT molecular complexity index is 825. The fraction of sp³-hybridized carbons (Fsp3) is 0.450. The second kappa shape index (κ2) is 11.0. The van der Waals surface area contributed by atoms with E-state index in [9.17, 15) is 9.59 Å². The number of halogens is 1. The van der Waals surface area contributed by atoms with Gasteiger partial charge in [0.25, 0.3) is 5.91 Å². The van der Waals surface area contributed by atoms with Crippen LogP contribution < -0.4 is 9.47 Å². The highest BCUT2D eigenvalue weighted by Crippen LogP contribution is 2.39. The summed E-state index contributed by atoms with van der Waals surface area (Å²) in [5.41, 5.74) is 0.776. The maximum absolute atomic E-state index is 12.7. The summed E-state index contributed by atoms with van der Waals surface area (Å²) >= 11 is 10.0. The quantitative estimate of drug-likeness (QED) is 0.277. The predicted molar refractivity (Wildman–Crippen MR) is 122 cm³/mol. The van der Waals surface area contributed by atoms with E-state index in [0.717, 1.165) is 16.5 Å². The zero-order valence-electron chi connectivity index (χ0n) is 16.8. The van der Waals surface area contributed by atoms with Crippen molar-refractivity contribution in [2.75, 3.05) is 27.4 Å². The van der Waals surface area contributed by atoms with Crippen LogP contribution in [-0.2, 0) is 14.3 Å². The normalized spacial score (nSPS) is 15.4. The number of rotatable bonds is 9. The van der Waals surface area contributed by atoms with Crippen LogP contribution in [0.1, 0.15) is 32.3 Å². The van der Waals surface area contributed by atoms with Crippen molar-refractivity contribution in [2.45, 2.75) is 26.7 Å². The van der Waals surface area contributed by atoms with Crippen molar-refractivity contribution < 1.29 is 23.8 Å². The second-order valence-electron chi connectivity index (χ2n) is 6.72. The number of nitrogens with zero attached hydrogens (tertiary/aromatic N) is 1. The fourth-order valence-electron chi connectivity index (χ4n) is 2.51. The molecule has 1 amide bonds. The molecule has 0 N–H and O–H groups in total. The summed E-state index contributed by atoms with van der Waals surface area (Å²) in [6.45, 7) is 5.06. The molecule has 0 radical (unpaired) electrons. The molecule has 1 heterocycles. The molecule has 29 heavy (non-hydrogen) atoms. The molecule has 1 aromatic rings. The summed E-state index contributed by atoms with van der Waals surface area (Å²) in [5, 5.41) is 0. The van der Waals surface area contributed by atoms with Crippen LogP contribution in [-0.4, -0.2) is 48.5 Å². The van der Waals surface area contributed by atoms with Crippen LogP contribution in [0.25, 0.3) is 6.08 Å². The third-order valence-electron chi connectivity index (χ3n) is 4.13. The Labute approximate surface area is 189 Å². The largest absolute Gasteiger partial charge is 0.493 e. The lowest BCUT2D eigenvalue weighted by Crippen LogP contribution is -2.30. The summed E-state index contributed by atoms with van der Waals surface area (Å²) in [5.74, 6) is 1.15. The van der Waals surface area contributed by atoms with Gasteiger partial charge in [-0.1, -0.05) is 37.8 Å². The highest BCUT2D eigenvalue weighted by Gasteiger charge is 2.32. The molecule has 0 aromatic heterocycles. The van der Waals surface area contributed by atoms with Crippen molar-refractivity contribution in [1.29, 1.82) is 0 Å². The minimum absolute atomic E-state index is 0.0952. The van der Waals surface area contributed by atoms with Crippen LogP contribution in [0.15, 0.2) is 21.5 Å². The van der Waals surface area contributed by atoms with E-state index in [0.29, 0.717) is 33.2 Å². The maximum atomic E-state index is 12.7. The molecule has 0 bridgehead atoms. The van der Waals surface area contributed by atoms with Gasteiger partial charge in [-0.3, -0.25) is 14.5 Å². The van der Waals surface area contributed by atoms with Crippen molar-refractivity contribution in [2.24, 2.45) is 5.92 Å². The van der Waals surface area contributed by atoms with Crippen molar-refractivity contribution in [3.05, 3.63) is 27.1 Å². The molecule has 0 atom stereocenters. The summed E-state index contributed by atoms with van der Waals surface area (Å²) in [6, 6.07) is 3.69. The Kier molecular flexibility index (Phi) is 8.98. The smallest absolute Gasteiger partial charge is 0.307 e. The van der Waals surface area contributed by atoms with Gasteiger partial charge in [0.1, 0.15) is 4.32 Å². The van der Waals surface area contributed by atoms with E-state index in [2.05, 4.69) is 34.5 Å². The van der Waals surface area contributed by atoms with Gasteiger partial charge in [0.05, 0.1) is 36.6 Å². The monoisotopic (exact) mass is 501 g/mol. The molecular formula is C20H24BrNO5S2. The summed E-state index contributed by atoms with van der Waals surface area (Å²) in [6.07, 6.45) is 2.78. The Morgan fingerprint density at radius 1 is 1.34 bits per heavy atom. The van der Waals surface area contributed by atoms with Crippen molar-refractivity contribution in [3.8, 4) is 11.5 Å². The average molecular weight is 502 g/mol. The van der Waals surface area contributed by atoms with Gasteiger partial charge in [-0.25, -0.2) is 0 Å². The number of carbonyl (C=O) groups is 2. The molecule has 2 rings (SSSR count). The van der Waals surface area contributed by atoms with Gasteiger partial charge in [-0.05, 0) is 52.0 Å². The SMILES string of the molecule is COC(=O)CCN1C(=O)/C(=C\c2cc(Br)c(OCCC(C)C)c(OC)c2)SC1=S. The van der Waals surface area contributed by atoms with Crippen molar-refractivity contribution in [3.63, 3.8) is 0 Å². The number of benzene rings is 1. The van der Waals surface area contributed by atoms with Crippen LogP contribution in [0.3, 0.4) is 0 Å². The van der Waals surface area contributed by atoms with Gasteiger partial charge >= 0.3 is 5.97 Å². The Hall–Kier alpha value is -1.58. The molecule has 0 spiro atoms. The number of esters is 1. The highest BCUT2D eigenvalue weighted by molar-refractivity contribution is 9.10. The lowest BCUT2D eigenvalue weighted by atomic mass is 10.1. The highest BCUT2D eigenvalue weighted by atomic mass is 79.9. The summed E-state index contributed by atoms with van der Waals surface area (Å²) in [7, 11) is 2.89. The third-order valence-corrected chi connectivity index (χ3v) is 6.10. The number of thiocarbonyl (C=S) groups is 1. The summed E-state index contributed by atoms with van der Waals surface area (Å²) < 4.78 is 17.1. The van der Waals surface area contributed by atoms with Crippen LogP contribution >= 0.6 is 39.9 Å². The van der Waals surface area contributed by atoms with Gasteiger partial charge in [-0.15, -0.1) is 0 Å². The molecule has 1 aliphatic heterocycles. The third kappa shape index (κ3) is 6.45. The minimum atomic E-state index is -0.384. The van der Waals surface area contributed by atoms with Crippen LogP contribution in [0.4, 0.5) is 0 Å². The molecule has 0 aliphatic carbocycles. The van der Waals surface area contributed by atoms with Crippen molar-refractivity contribution >= 4 is 62.2 Å². The number of carbonyl (C=O) groups excluding carboxylic acids is 2. The fourth-order valence-corrected chi connectivity index (χ4v) is 4.39. The predicted octanol–water partition coefficient (Wildman–Crippen LogP) is 4.65. The molecule has 0 saturated carbocycles. The molecule has 1 fully saturated rings. The van der Waals surface area contributed by atoms with E-state index in [4.69, 9.17) is 21.7 Å². The van der Waals surface area contributed by atoms with Gasteiger partial charge in [-0.2, -0.15) is 0 Å². The maximum Gasteiger partial charge on any atom is 0.307 e. The van der Waals surface area contributed by atoms with E-state index < -0.39 is 0 Å². The first-order valence-corrected chi connectivity index (χ1v) is 11.1. The molecule has 1 aliphatic rings. The zero-order chi connectivity index (χ0) is 21.6. The first-order valence-electron chi connectivity index (χ1n) is 9.09. The molecule has 1 saturated heterocycles. The second-order valence-corrected chi connectivity index (χ2v) is 9.25. The zero-order valence-corrected chi connectivity index (χ0v) is 20.0. The number of hydrogen-bond acceptors (Lipinski definition) is 7. The van der Waals surface area contributed by atoms with E-state index in [-0.39, 0.29) is 24.8 Å². The standard InChI is InChI=1S/C20H24BrNO5S2/c1-12(2)6-8-27-18-14(21)9-13(10-15(18)25-3)11-16-19(24)22(20(28)29-16)7-5-17(23)26-4/h9-12H,5-8H2,1-4H3/b16-11+. The van der Waals surface area contributed by atoms with Gasteiger partial charge < -0.3 is 14.2 Å². The van der Waals surface area contributed by atoms with E-state index in [1.165, 1.54) is 23.8 Å². The Morgan fingerprint density at radius 3 is 2.69 bits per heavy atom.